The molecule has 1 unspecified atom stereocenters. The molecular formula is C9H15N3. The molecule has 66 valence electrons. The van der Waals surface area contributed by atoms with E-state index in [1.165, 1.54) is 25.9 Å². The van der Waals surface area contributed by atoms with Crippen molar-refractivity contribution >= 4 is 0 Å². The van der Waals surface area contributed by atoms with Gasteiger partial charge in [0.25, 0.3) is 0 Å². The molecule has 12 heavy (non-hydrogen) atoms. The first kappa shape index (κ1) is 8.03. The van der Waals surface area contributed by atoms with Crippen LogP contribution in [-0.4, -0.2) is 37.1 Å². The topological polar surface area (TPSA) is 39.1 Å². The summed E-state index contributed by atoms with van der Waals surface area (Å²) >= 11 is 0. The molecule has 1 atom stereocenters. The summed E-state index contributed by atoms with van der Waals surface area (Å²) in [5.74, 6) is 0.836. The predicted octanol–water partition coefficient (Wildman–Crippen LogP) is 0.194. The van der Waals surface area contributed by atoms with Gasteiger partial charge in [0.2, 0.25) is 0 Å². The number of fused-ring (bicyclic) bond motifs is 3. The summed E-state index contributed by atoms with van der Waals surface area (Å²) in [5, 5.41) is 11.7. The molecule has 3 aliphatic rings. The molecule has 0 saturated carbocycles. The Balaban J connectivity index is 1.87. The lowest BCUT2D eigenvalue weighted by atomic mass is 9.84. The number of rotatable bonds is 2. The normalized spacial score (nSPS) is 39.4. The zero-order valence-electron chi connectivity index (χ0n) is 7.29. The van der Waals surface area contributed by atoms with Gasteiger partial charge in [-0.1, -0.05) is 0 Å². The number of hydrogen-bond acceptors (Lipinski definition) is 3. The van der Waals surface area contributed by atoms with Crippen molar-refractivity contribution in [2.24, 2.45) is 5.92 Å². The standard InChI is InChI=1S/C9H15N3/c10-3-4-11-9-7-12-5-1-8(9)2-6-12/h8-9,11H,1-2,4-7H2. The number of hydrogen-bond donors (Lipinski definition) is 1. The fourth-order valence-corrected chi connectivity index (χ4v) is 2.37. The van der Waals surface area contributed by atoms with Crippen molar-refractivity contribution in [3.8, 4) is 6.07 Å². The lowest BCUT2D eigenvalue weighted by Gasteiger charge is -2.44. The lowest BCUT2D eigenvalue weighted by Crippen LogP contribution is -2.56. The van der Waals surface area contributed by atoms with Gasteiger partial charge in [-0.2, -0.15) is 5.26 Å². The molecule has 3 heteroatoms. The van der Waals surface area contributed by atoms with E-state index < -0.39 is 0 Å². The Morgan fingerprint density at radius 2 is 2.17 bits per heavy atom. The first-order valence-corrected chi connectivity index (χ1v) is 4.73. The molecule has 2 bridgehead atoms. The first-order valence-electron chi connectivity index (χ1n) is 4.73. The van der Waals surface area contributed by atoms with Gasteiger partial charge in [-0.3, -0.25) is 0 Å². The lowest BCUT2D eigenvalue weighted by molar-refractivity contribution is 0.0747. The van der Waals surface area contributed by atoms with Crippen LogP contribution >= 0.6 is 0 Å². The highest BCUT2D eigenvalue weighted by Crippen LogP contribution is 2.27. The number of nitrogens with zero attached hydrogens (tertiary/aromatic N) is 2. The Hall–Kier alpha value is -0.590. The molecule has 0 spiro atoms. The van der Waals surface area contributed by atoms with Gasteiger partial charge in [-0.25, -0.2) is 0 Å². The molecule has 3 aliphatic heterocycles. The Labute approximate surface area is 73.3 Å². The van der Waals surface area contributed by atoms with Crippen molar-refractivity contribution in [2.45, 2.75) is 18.9 Å². The number of piperidine rings is 3. The van der Waals surface area contributed by atoms with Crippen LogP contribution in [0.4, 0.5) is 0 Å². The van der Waals surface area contributed by atoms with Gasteiger partial charge in [-0.15, -0.1) is 0 Å². The Morgan fingerprint density at radius 3 is 2.67 bits per heavy atom. The molecule has 0 radical (unpaired) electrons. The maximum absolute atomic E-state index is 8.44. The van der Waals surface area contributed by atoms with E-state index in [1.54, 1.807) is 0 Å². The van der Waals surface area contributed by atoms with Gasteiger partial charge in [0, 0.05) is 12.6 Å². The molecule has 3 saturated heterocycles. The molecule has 0 amide bonds. The third-order valence-electron chi connectivity index (χ3n) is 3.10. The summed E-state index contributed by atoms with van der Waals surface area (Å²) in [6.07, 6.45) is 2.65. The molecule has 0 aromatic rings. The van der Waals surface area contributed by atoms with E-state index in [1.807, 2.05) is 0 Å². The summed E-state index contributed by atoms with van der Waals surface area (Å²) in [6, 6.07) is 2.73. The SMILES string of the molecule is N#CCNC1CN2CCC1CC2. The minimum Gasteiger partial charge on any atom is -0.302 e. The van der Waals surface area contributed by atoms with E-state index in [2.05, 4.69) is 16.3 Å². The van der Waals surface area contributed by atoms with Gasteiger partial charge in [0.05, 0.1) is 12.6 Å². The van der Waals surface area contributed by atoms with E-state index >= 15 is 0 Å². The minimum absolute atomic E-state index is 0.509. The zero-order valence-corrected chi connectivity index (χ0v) is 7.29. The molecule has 3 fully saturated rings. The molecular weight excluding hydrogens is 150 g/mol. The van der Waals surface area contributed by atoms with Crippen LogP contribution in [0.15, 0.2) is 0 Å². The van der Waals surface area contributed by atoms with E-state index in [0.717, 1.165) is 12.5 Å². The molecule has 0 aromatic heterocycles. The minimum atomic E-state index is 0.509. The van der Waals surface area contributed by atoms with Crippen LogP contribution in [-0.2, 0) is 0 Å². The van der Waals surface area contributed by atoms with Crippen LogP contribution in [0, 0.1) is 17.2 Å². The summed E-state index contributed by atoms with van der Waals surface area (Å²) in [6.45, 7) is 4.21. The second-order valence-electron chi connectivity index (χ2n) is 3.78. The smallest absolute Gasteiger partial charge is 0.0843 e. The third kappa shape index (κ3) is 1.45. The summed E-state index contributed by atoms with van der Waals surface area (Å²) in [7, 11) is 0. The molecule has 0 aromatic carbocycles. The van der Waals surface area contributed by atoms with Crippen molar-refractivity contribution in [2.75, 3.05) is 26.2 Å². The molecule has 3 nitrogen and oxygen atoms in total. The van der Waals surface area contributed by atoms with Gasteiger partial charge < -0.3 is 10.2 Å². The van der Waals surface area contributed by atoms with E-state index in [9.17, 15) is 0 Å². The van der Waals surface area contributed by atoms with Crippen molar-refractivity contribution in [1.29, 1.82) is 5.26 Å². The van der Waals surface area contributed by atoms with Gasteiger partial charge in [-0.05, 0) is 31.8 Å². The largest absolute Gasteiger partial charge is 0.302 e. The van der Waals surface area contributed by atoms with Crippen molar-refractivity contribution in [1.82, 2.24) is 10.2 Å². The maximum Gasteiger partial charge on any atom is 0.0843 e. The van der Waals surface area contributed by atoms with Crippen LogP contribution in [0.1, 0.15) is 12.8 Å². The third-order valence-corrected chi connectivity index (χ3v) is 3.10. The molecule has 3 heterocycles. The van der Waals surface area contributed by atoms with E-state index in [0.29, 0.717) is 12.6 Å². The van der Waals surface area contributed by atoms with Crippen LogP contribution in [0.2, 0.25) is 0 Å². The summed E-state index contributed by atoms with van der Waals surface area (Å²) in [5.41, 5.74) is 0. The molecule has 3 rings (SSSR count). The van der Waals surface area contributed by atoms with Gasteiger partial charge >= 0.3 is 0 Å². The highest BCUT2D eigenvalue weighted by Gasteiger charge is 2.33. The predicted molar refractivity (Wildman–Crippen MR) is 46.6 cm³/mol. The quantitative estimate of drug-likeness (QED) is 0.594. The first-order chi connectivity index (χ1) is 5.90. The van der Waals surface area contributed by atoms with Gasteiger partial charge in [0.1, 0.15) is 0 Å². The van der Waals surface area contributed by atoms with Crippen molar-refractivity contribution < 1.29 is 0 Å². The van der Waals surface area contributed by atoms with Crippen LogP contribution in [0.3, 0.4) is 0 Å². The Kier molecular flexibility index (Phi) is 2.29. The highest BCUT2D eigenvalue weighted by atomic mass is 15.2. The Bertz CT molecular complexity index is 188. The van der Waals surface area contributed by atoms with Crippen molar-refractivity contribution in [3.63, 3.8) is 0 Å². The summed E-state index contributed by atoms with van der Waals surface area (Å²) in [4.78, 5) is 2.50. The monoisotopic (exact) mass is 165 g/mol. The molecule has 0 aliphatic carbocycles. The average Bonchev–Trinajstić information content (AvgIpc) is 2.17. The maximum atomic E-state index is 8.44. The summed E-state index contributed by atoms with van der Waals surface area (Å²) < 4.78 is 0. The van der Waals surface area contributed by atoms with Gasteiger partial charge in [0.15, 0.2) is 0 Å². The fourth-order valence-electron chi connectivity index (χ4n) is 2.37. The zero-order chi connectivity index (χ0) is 8.39. The van der Waals surface area contributed by atoms with Crippen LogP contribution in [0.5, 0.6) is 0 Å². The number of nitrogens with one attached hydrogen (secondary N) is 1. The van der Waals surface area contributed by atoms with Crippen molar-refractivity contribution in [3.05, 3.63) is 0 Å². The van der Waals surface area contributed by atoms with E-state index in [4.69, 9.17) is 5.26 Å². The molecule has 1 N–H and O–H groups in total. The second kappa shape index (κ2) is 3.42. The Morgan fingerprint density at radius 1 is 1.42 bits per heavy atom. The fraction of sp³-hybridized carbons (Fsp3) is 0.889. The average molecular weight is 165 g/mol. The van der Waals surface area contributed by atoms with E-state index in [-0.39, 0.29) is 0 Å². The number of nitriles is 1. The van der Waals surface area contributed by atoms with Crippen LogP contribution < -0.4 is 5.32 Å². The van der Waals surface area contributed by atoms with Crippen LogP contribution in [0.25, 0.3) is 0 Å². The highest BCUT2D eigenvalue weighted by molar-refractivity contribution is 4.92. The second-order valence-corrected chi connectivity index (χ2v) is 3.78.